The van der Waals surface area contributed by atoms with Crippen LogP contribution in [0.4, 0.5) is 5.69 Å². The van der Waals surface area contributed by atoms with Crippen molar-refractivity contribution in [2.45, 2.75) is 25.4 Å². The molecule has 0 saturated heterocycles. The lowest BCUT2D eigenvalue weighted by Crippen LogP contribution is -2.10. The molecule has 2 aromatic rings. The van der Waals surface area contributed by atoms with Gasteiger partial charge >= 0.3 is 0 Å². The molecule has 0 amide bonds. The average molecular weight is 400 g/mol. The molecule has 0 aliphatic heterocycles. The zero-order chi connectivity index (χ0) is 14.3. The van der Waals surface area contributed by atoms with E-state index in [0.29, 0.717) is 0 Å². The first-order valence-electron chi connectivity index (χ1n) is 6.71. The van der Waals surface area contributed by atoms with Crippen LogP contribution in [-0.4, -0.2) is 24.2 Å². The molecule has 3 nitrogen and oxygen atoms in total. The first kappa shape index (κ1) is 14.3. The minimum absolute atomic E-state index is 0.315. The molecule has 1 unspecified atom stereocenters. The highest BCUT2D eigenvalue weighted by molar-refractivity contribution is 14.1. The van der Waals surface area contributed by atoms with Crippen LogP contribution in [0.5, 0.6) is 0 Å². The van der Waals surface area contributed by atoms with Gasteiger partial charge in [0.1, 0.15) is 5.01 Å². The Bertz CT molecular complexity index is 639. The fourth-order valence-electron chi connectivity index (χ4n) is 2.52. The second-order valence-electron chi connectivity index (χ2n) is 5.30. The van der Waals surface area contributed by atoms with Crippen LogP contribution in [0.25, 0.3) is 10.6 Å². The maximum absolute atomic E-state index is 10.1. The number of aliphatic hydroxyl groups excluding tert-OH is 1. The quantitative estimate of drug-likeness (QED) is 0.779. The SMILES string of the molecule is CN(C)c1ccc(-c2nc3c(s2)C(O)CCC3)cc1I. The molecule has 1 N–H and O–H groups in total. The third-order valence-electron chi connectivity index (χ3n) is 3.60. The predicted molar refractivity (Wildman–Crippen MR) is 92.5 cm³/mol. The maximum Gasteiger partial charge on any atom is 0.124 e. The lowest BCUT2D eigenvalue weighted by molar-refractivity contribution is 0.160. The number of benzene rings is 1. The first-order chi connectivity index (χ1) is 9.56. The van der Waals surface area contributed by atoms with Gasteiger partial charge in [0.15, 0.2) is 0 Å². The Kier molecular flexibility index (Phi) is 4.01. The van der Waals surface area contributed by atoms with Crippen molar-refractivity contribution in [3.63, 3.8) is 0 Å². The highest BCUT2D eigenvalue weighted by Crippen LogP contribution is 2.38. The number of aryl methyl sites for hydroxylation is 1. The molecule has 1 aliphatic carbocycles. The summed E-state index contributed by atoms with van der Waals surface area (Å²) in [5.41, 5.74) is 3.46. The zero-order valence-electron chi connectivity index (χ0n) is 11.6. The topological polar surface area (TPSA) is 36.4 Å². The number of aromatic nitrogens is 1. The summed E-state index contributed by atoms with van der Waals surface area (Å²) >= 11 is 4.01. The van der Waals surface area contributed by atoms with Gasteiger partial charge in [0.05, 0.1) is 16.7 Å². The monoisotopic (exact) mass is 400 g/mol. The van der Waals surface area contributed by atoms with Crippen molar-refractivity contribution in [3.05, 3.63) is 32.3 Å². The summed E-state index contributed by atoms with van der Waals surface area (Å²) in [5.74, 6) is 0. The largest absolute Gasteiger partial charge is 0.388 e. The summed E-state index contributed by atoms with van der Waals surface area (Å²) < 4.78 is 1.22. The van der Waals surface area contributed by atoms with Gasteiger partial charge < -0.3 is 10.0 Å². The van der Waals surface area contributed by atoms with Gasteiger partial charge in [0.2, 0.25) is 0 Å². The van der Waals surface area contributed by atoms with E-state index in [4.69, 9.17) is 4.98 Å². The molecule has 1 aliphatic rings. The van der Waals surface area contributed by atoms with Gasteiger partial charge in [-0.3, -0.25) is 0 Å². The van der Waals surface area contributed by atoms with Crippen molar-refractivity contribution in [3.8, 4) is 10.6 Å². The van der Waals surface area contributed by atoms with Crippen molar-refractivity contribution >= 4 is 39.6 Å². The Morgan fingerprint density at radius 1 is 1.40 bits per heavy atom. The molecule has 1 heterocycles. The molecule has 106 valence electrons. The van der Waals surface area contributed by atoms with Crippen molar-refractivity contribution in [1.82, 2.24) is 4.98 Å². The smallest absolute Gasteiger partial charge is 0.124 e. The number of fused-ring (bicyclic) bond motifs is 1. The lowest BCUT2D eigenvalue weighted by atomic mass is 10.0. The van der Waals surface area contributed by atoms with Crippen LogP contribution in [0, 0.1) is 3.57 Å². The van der Waals surface area contributed by atoms with Crippen molar-refractivity contribution in [2.75, 3.05) is 19.0 Å². The second-order valence-corrected chi connectivity index (χ2v) is 7.49. The molecular weight excluding hydrogens is 383 g/mol. The second kappa shape index (κ2) is 5.61. The van der Waals surface area contributed by atoms with Crippen LogP contribution in [0.15, 0.2) is 18.2 Å². The number of nitrogens with zero attached hydrogens (tertiary/aromatic N) is 2. The molecule has 5 heteroatoms. The molecular formula is C15H17IN2OS. The normalized spacial score (nSPS) is 17.9. The first-order valence-corrected chi connectivity index (χ1v) is 8.60. The third kappa shape index (κ3) is 2.58. The fraction of sp³-hybridized carbons (Fsp3) is 0.400. The van der Waals surface area contributed by atoms with E-state index in [1.807, 2.05) is 0 Å². The third-order valence-corrected chi connectivity index (χ3v) is 5.71. The highest BCUT2D eigenvalue weighted by atomic mass is 127. The van der Waals surface area contributed by atoms with E-state index < -0.39 is 0 Å². The number of aliphatic hydroxyl groups is 1. The summed E-state index contributed by atoms with van der Waals surface area (Å²) in [4.78, 5) is 7.91. The van der Waals surface area contributed by atoms with Crippen molar-refractivity contribution < 1.29 is 5.11 Å². The van der Waals surface area contributed by atoms with Gasteiger partial charge in [0, 0.05) is 28.9 Å². The molecule has 3 rings (SSSR count). The van der Waals surface area contributed by atoms with Crippen LogP contribution in [0.1, 0.15) is 29.5 Å². The van der Waals surface area contributed by atoms with Crippen LogP contribution < -0.4 is 4.90 Å². The predicted octanol–water partition coefficient (Wildman–Crippen LogP) is 3.85. The minimum Gasteiger partial charge on any atom is -0.388 e. The Balaban J connectivity index is 1.99. The van der Waals surface area contributed by atoms with Gasteiger partial charge in [0.25, 0.3) is 0 Å². The molecule has 1 aromatic heterocycles. The number of rotatable bonds is 2. The van der Waals surface area contributed by atoms with Crippen molar-refractivity contribution in [2.24, 2.45) is 0 Å². The highest BCUT2D eigenvalue weighted by Gasteiger charge is 2.23. The van der Waals surface area contributed by atoms with E-state index in [9.17, 15) is 5.11 Å². The molecule has 0 radical (unpaired) electrons. The van der Waals surface area contributed by atoms with Crippen LogP contribution in [0.3, 0.4) is 0 Å². The minimum atomic E-state index is -0.315. The van der Waals surface area contributed by atoms with Gasteiger partial charge in [-0.2, -0.15) is 0 Å². The average Bonchev–Trinajstić information content (AvgIpc) is 2.83. The Morgan fingerprint density at radius 2 is 2.20 bits per heavy atom. The lowest BCUT2D eigenvalue weighted by Gasteiger charge is -2.15. The Morgan fingerprint density at radius 3 is 2.85 bits per heavy atom. The van der Waals surface area contributed by atoms with E-state index in [1.165, 1.54) is 9.26 Å². The maximum atomic E-state index is 10.1. The summed E-state index contributed by atoms with van der Waals surface area (Å²) in [6.07, 6.45) is 2.58. The van der Waals surface area contributed by atoms with Crippen molar-refractivity contribution in [1.29, 1.82) is 0 Å². The van der Waals surface area contributed by atoms with Gasteiger partial charge in [-0.05, 0) is 60.1 Å². The van der Waals surface area contributed by atoms with E-state index in [-0.39, 0.29) is 6.10 Å². The van der Waals surface area contributed by atoms with Crippen LogP contribution in [0.2, 0.25) is 0 Å². The molecule has 20 heavy (non-hydrogen) atoms. The molecule has 1 aromatic carbocycles. The molecule has 0 bridgehead atoms. The molecule has 0 fully saturated rings. The number of halogens is 1. The van der Waals surface area contributed by atoms with E-state index in [2.05, 4.69) is 59.8 Å². The standard InChI is InChI=1S/C15H17IN2OS/c1-18(2)12-7-6-9(8-10(12)16)15-17-11-4-3-5-13(19)14(11)20-15/h6-8,13,19H,3-5H2,1-2H3. The number of hydrogen-bond acceptors (Lipinski definition) is 4. The Labute approximate surface area is 136 Å². The zero-order valence-corrected chi connectivity index (χ0v) is 14.5. The number of anilines is 1. The summed E-state index contributed by atoms with van der Waals surface area (Å²) in [5, 5.41) is 11.1. The van der Waals surface area contributed by atoms with Gasteiger partial charge in [-0.1, -0.05) is 0 Å². The fourth-order valence-corrected chi connectivity index (χ4v) is 4.65. The van der Waals surface area contributed by atoms with E-state index in [0.717, 1.165) is 40.4 Å². The van der Waals surface area contributed by atoms with Crippen LogP contribution in [-0.2, 0) is 6.42 Å². The molecule has 0 spiro atoms. The summed E-state index contributed by atoms with van der Waals surface area (Å²) in [6, 6.07) is 6.43. The van der Waals surface area contributed by atoms with E-state index in [1.54, 1.807) is 11.3 Å². The molecule has 1 atom stereocenters. The van der Waals surface area contributed by atoms with Gasteiger partial charge in [-0.15, -0.1) is 11.3 Å². The number of thiazole rings is 1. The summed E-state index contributed by atoms with van der Waals surface area (Å²) in [6.45, 7) is 0. The number of hydrogen-bond donors (Lipinski definition) is 1. The van der Waals surface area contributed by atoms with Gasteiger partial charge in [-0.25, -0.2) is 4.98 Å². The van der Waals surface area contributed by atoms with E-state index >= 15 is 0 Å². The summed E-state index contributed by atoms with van der Waals surface area (Å²) in [7, 11) is 4.10. The van der Waals surface area contributed by atoms with Crippen LogP contribution >= 0.6 is 33.9 Å². The molecule has 0 saturated carbocycles. The Hall–Kier alpha value is -0.660.